The number of aromatic amines is 1. The van der Waals surface area contributed by atoms with Crippen molar-refractivity contribution in [3.8, 4) is 0 Å². The molecule has 15 heavy (non-hydrogen) atoms. The summed E-state index contributed by atoms with van der Waals surface area (Å²) in [5.74, 6) is 0. The molecule has 1 heterocycles. The molecule has 1 atom stereocenters. The predicted octanol–water partition coefficient (Wildman–Crippen LogP) is -0.0512. The molecule has 78 valence electrons. The fourth-order valence-electron chi connectivity index (χ4n) is 1.40. The second kappa shape index (κ2) is 3.80. The van der Waals surface area contributed by atoms with Gasteiger partial charge in [-0.3, -0.25) is 4.79 Å². The van der Waals surface area contributed by atoms with Crippen molar-refractivity contribution in [3.63, 3.8) is 0 Å². The molecule has 0 radical (unpaired) electrons. The molecule has 0 aliphatic heterocycles. The van der Waals surface area contributed by atoms with Crippen molar-refractivity contribution in [1.82, 2.24) is 9.97 Å². The summed E-state index contributed by atoms with van der Waals surface area (Å²) < 4.78 is 0. The molecule has 5 heteroatoms. The summed E-state index contributed by atoms with van der Waals surface area (Å²) >= 11 is 0. The minimum absolute atomic E-state index is 0.257. The first kappa shape index (κ1) is 9.82. The minimum atomic E-state index is -0.964. The summed E-state index contributed by atoms with van der Waals surface area (Å²) in [6, 6.07) is 4.80. The number of benzene rings is 1. The molecule has 0 spiro atoms. The smallest absolute Gasteiger partial charge is 0.258 e. The first-order valence-electron chi connectivity index (χ1n) is 4.48. The van der Waals surface area contributed by atoms with E-state index in [-0.39, 0.29) is 12.2 Å². The highest BCUT2D eigenvalue weighted by Crippen LogP contribution is 2.15. The Hall–Kier alpha value is -1.72. The molecule has 0 fully saturated rings. The number of H-pyrrole nitrogens is 1. The summed E-state index contributed by atoms with van der Waals surface area (Å²) in [6.45, 7) is -0.371. The molecular formula is C10H10N2O3. The molecule has 5 nitrogen and oxygen atoms in total. The van der Waals surface area contributed by atoms with Crippen molar-refractivity contribution in [3.05, 3.63) is 40.4 Å². The Bertz CT molecular complexity index is 535. The lowest BCUT2D eigenvalue weighted by molar-refractivity contribution is 0.0957. The molecule has 0 bridgehead atoms. The van der Waals surface area contributed by atoms with Gasteiger partial charge < -0.3 is 15.2 Å². The van der Waals surface area contributed by atoms with Crippen LogP contribution in [0.4, 0.5) is 0 Å². The Balaban J connectivity index is 2.65. The Morgan fingerprint density at radius 2 is 2.27 bits per heavy atom. The van der Waals surface area contributed by atoms with Crippen molar-refractivity contribution in [2.45, 2.75) is 6.10 Å². The maximum Gasteiger partial charge on any atom is 0.258 e. The number of aliphatic hydroxyl groups excluding tert-OH is 2. The third-order valence-electron chi connectivity index (χ3n) is 2.22. The predicted molar refractivity (Wildman–Crippen MR) is 54.4 cm³/mol. The number of aromatic nitrogens is 2. The van der Waals surface area contributed by atoms with Gasteiger partial charge in [0.1, 0.15) is 6.10 Å². The van der Waals surface area contributed by atoms with Crippen LogP contribution in [0, 0.1) is 0 Å². The first-order chi connectivity index (χ1) is 7.22. The molecule has 0 amide bonds. The van der Waals surface area contributed by atoms with E-state index in [1.807, 2.05) is 0 Å². The molecule has 0 saturated carbocycles. The topological polar surface area (TPSA) is 86.2 Å². The normalized spacial score (nSPS) is 12.9. The zero-order chi connectivity index (χ0) is 10.8. The second-order valence-corrected chi connectivity index (χ2v) is 3.21. The van der Waals surface area contributed by atoms with Gasteiger partial charge in [-0.2, -0.15) is 0 Å². The molecule has 0 aliphatic carbocycles. The van der Waals surface area contributed by atoms with Gasteiger partial charge in [-0.25, -0.2) is 4.98 Å². The van der Waals surface area contributed by atoms with E-state index in [1.165, 1.54) is 12.4 Å². The average Bonchev–Trinajstić information content (AvgIpc) is 2.28. The summed E-state index contributed by atoms with van der Waals surface area (Å²) in [4.78, 5) is 17.8. The van der Waals surface area contributed by atoms with E-state index >= 15 is 0 Å². The average molecular weight is 206 g/mol. The van der Waals surface area contributed by atoms with Gasteiger partial charge in [-0.15, -0.1) is 0 Å². The molecular weight excluding hydrogens is 196 g/mol. The Morgan fingerprint density at radius 3 is 3.00 bits per heavy atom. The van der Waals surface area contributed by atoms with E-state index in [1.54, 1.807) is 12.1 Å². The van der Waals surface area contributed by atoms with Crippen LogP contribution in [-0.4, -0.2) is 26.8 Å². The maximum atomic E-state index is 11.4. The van der Waals surface area contributed by atoms with Crippen LogP contribution in [0.25, 0.3) is 10.9 Å². The second-order valence-electron chi connectivity index (χ2n) is 3.21. The van der Waals surface area contributed by atoms with Crippen molar-refractivity contribution in [1.29, 1.82) is 0 Å². The van der Waals surface area contributed by atoms with Crippen LogP contribution in [0.15, 0.2) is 29.3 Å². The van der Waals surface area contributed by atoms with Crippen LogP contribution in [0.2, 0.25) is 0 Å². The minimum Gasteiger partial charge on any atom is -0.393 e. The largest absolute Gasteiger partial charge is 0.393 e. The van der Waals surface area contributed by atoms with Crippen LogP contribution in [0.3, 0.4) is 0 Å². The molecule has 1 aromatic heterocycles. The third-order valence-corrected chi connectivity index (χ3v) is 2.22. The zero-order valence-electron chi connectivity index (χ0n) is 7.84. The number of aliphatic hydroxyl groups is 2. The lowest BCUT2D eigenvalue weighted by Gasteiger charge is -2.07. The van der Waals surface area contributed by atoms with Crippen molar-refractivity contribution < 1.29 is 10.2 Å². The number of hydrogen-bond donors (Lipinski definition) is 3. The lowest BCUT2D eigenvalue weighted by Crippen LogP contribution is -2.08. The quantitative estimate of drug-likeness (QED) is 0.643. The van der Waals surface area contributed by atoms with E-state index in [0.717, 1.165) is 0 Å². The van der Waals surface area contributed by atoms with Gasteiger partial charge in [0.2, 0.25) is 0 Å². The molecule has 1 aromatic carbocycles. The molecule has 2 rings (SSSR count). The first-order valence-corrected chi connectivity index (χ1v) is 4.48. The fraction of sp³-hybridized carbons (Fsp3) is 0.200. The number of nitrogens with zero attached hydrogens (tertiary/aromatic N) is 1. The van der Waals surface area contributed by atoms with Gasteiger partial charge >= 0.3 is 0 Å². The molecule has 0 aliphatic rings. The Morgan fingerprint density at radius 1 is 1.47 bits per heavy atom. The Labute approximate surface area is 85.0 Å². The van der Waals surface area contributed by atoms with Crippen LogP contribution in [0.1, 0.15) is 11.7 Å². The molecule has 3 N–H and O–H groups in total. The van der Waals surface area contributed by atoms with Gasteiger partial charge in [-0.05, 0) is 17.7 Å². The maximum absolute atomic E-state index is 11.4. The summed E-state index contributed by atoms with van der Waals surface area (Å²) in [6.07, 6.45) is 0.362. The summed E-state index contributed by atoms with van der Waals surface area (Å²) in [7, 11) is 0. The monoisotopic (exact) mass is 206 g/mol. The molecule has 0 saturated heterocycles. The van der Waals surface area contributed by atoms with Gasteiger partial charge in [-0.1, -0.05) is 6.07 Å². The lowest BCUT2D eigenvalue weighted by atomic mass is 10.1. The van der Waals surface area contributed by atoms with Gasteiger partial charge in [0.25, 0.3) is 5.56 Å². The van der Waals surface area contributed by atoms with Gasteiger partial charge in [0.05, 0.1) is 23.8 Å². The van der Waals surface area contributed by atoms with E-state index in [0.29, 0.717) is 16.5 Å². The van der Waals surface area contributed by atoms with Gasteiger partial charge in [0.15, 0.2) is 0 Å². The number of nitrogens with one attached hydrogen (secondary N) is 1. The highest BCUT2D eigenvalue weighted by molar-refractivity contribution is 5.77. The highest BCUT2D eigenvalue weighted by atomic mass is 16.3. The highest BCUT2D eigenvalue weighted by Gasteiger charge is 2.07. The Kier molecular flexibility index (Phi) is 2.49. The van der Waals surface area contributed by atoms with Crippen LogP contribution in [-0.2, 0) is 0 Å². The summed E-state index contributed by atoms with van der Waals surface area (Å²) in [5.41, 5.74) is 0.808. The van der Waals surface area contributed by atoms with Crippen molar-refractivity contribution >= 4 is 10.9 Å². The van der Waals surface area contributed by atoms with E-state index in [2.05, 4.69) is 9.97 Å². The van der Waals surface area contributed by atoms with Crippen molar-refractivity contribution in [2.24, 2.45) is 0 Å². The number of fused-ring (bicyclic) bond motifs is 1. The number of hydrogen-bond acceptors (Lipinski definition) is 4. The zero-order valence-corrected chi connectivity index (χ0v) is 7.84. The molecule has 2 aromatic rings. The number of rotatable bonds is 2. The van der Waals surface area contributed by atoms with Crippen molar-refractivity contribution in [2.75, 3.05) is 6.61 Å². The SMILES string of the molecule is O=c1[nH]cnc2ccc(C(O)CO)cc12. The van der Waals surface area contributed by atoms with E-state index in [4.69, 9.17) is 5.11 Å². The third kappa shape index (κ3) is 1.74. The van der Waals surface area contributed by atoms with Crippen LogP contribution < -0.4 is 5.56 Å². The molecule has 1 unspecified atom stereocenters. The fourth-order valence-corrected chi connectivity index (χ4v) is 1.40. The van der Waals surface area contributed by atoms with E-state index in [9.17, 15) is 9.90 Å². The van der Waals surface area contributed by atoms with Crippen LogP contribution >= 0.6 is 0 Å². The summed E-state index contributed by atoms with van der Waals surface area (Å²) in [5, 5.41) is 18.6. The van der Waals surface area contributed by atoms with Gasteiger partial charge in [0, 0.05) is 0 Å². The standard InChI is InChI=1S/C10H10N2O3/c13-4-9(14)6-1-2-8-7(3-6)10(15)12-5-11-8/h1-3,5,9,13-14H,4H2,(H,11,12,15). The van der Waals surface area contributed by atoms with E-state index < -0.39 is 6.10 Å². The van der Waals surface area contributed by atoms with Crippen LogP contribution in [0.5, 0.6) is 0 Å².